The SMILES string of the molecule is COC(=O)NC(=O)[C@H](C)OC(=O)/C=C/c1cc(OC)c2c(c1)OCCO2. The molecule has 1 aromatic carbocycles. The molecule has 0 fully saturated rings. The molecule has 0 bridgehead atoms. The number of alkyl carbamates (subject to hydrolysis) is 1. The Kier molecular flexibility index (Phi) is 6.42. The molecular weight excluding hydrogens is 346 g/mol. The largest absolute Gasteiger partial charge is 0.493 e. The van der Waals surface area contributed by atoms with Gasteiger partial charge >= 0.3 is 12.1 Å². The van der Waals surface area contributed by atoms with Gasteiger partial charge in [-0.25, -0.2) is 9.59 Å². The lowest BCUT2D eigenvalue weighted by Gasteiger charge is -2.20. The third kappa shape index (κ3) is 4.88. The highest BCUT2D eigenvalue weighted by Crippen LogP contribution is 2.40. The first kappa shape index (κ1) is 19.1. The number of carbonyl (C=O) groups is 3. The van der Waals surface area contributed by atoms with Crippen LogP contribution < -0.4 is 19.5 Å². The molecule has 0 aromatic heterocycles. The Bertz CT molecular complexity index is 710. The van der Waals surface area contributed by atoms with E-state index in [2.05, 4.69) is 4.74 Å². The fourth-order valence-electron chi connectivity index (χ4n) is 2.07. The number of rotatable bonds is 5. The third-order valence-corrected chi connectivity index (χ3v) is 3.33. The smallest absolute Gasteiger partial charge is 0.413 e. The molecule has 0 aliphatic carbocycles. The molecule has 140 valence electrons. The van der Waals surface area contributed by atoms with Gasteiger partial charge in [0.15, 0.2) is 17.6 Å². The van der Waals surface area contributed by atoms with E-state index in [0.29, 0.717) is 36.0 Å². The van der Waals surface area contributed by atoms with Crippen LogP contribution in [0.2, 0.25) is 0 Å². The molecule has 1 heterocycles. The van der Waals surface area contributed by atoms with Crippen LogP contribution in [0.1, 0.15) is 12.5 Å². The van der Waals surface area contributed by atoms with Crippen LogP contribution in [0.5, 0.6) is 17.2 Å². The average molecular weight is 365 g/mol. The summed E-state index contributed by atoms with van der Waals surface area (Å²) in [4.78, 5) is 34.4. The number of nitrogens with one attached hydrogen (secondary N) is 1. The van der Waals surface area contributed by atoms with Crippen molar-refractivity contribution in [2.45, 2.75) is 13.0 Å². The predicted molar refractivity (Wildman–Crippen MR) is 89.1 cm³/mol. The topological polar surface area (TPSA) is 109 Å². The number of amides is 2. The van der Waals surface area contributed by atoms with E-state index in [4.69, 9.17) is 18.9 Å². The zero-order chi connectivity index (χ0) is 19.1. The summed E-state index contributed by atoms with van der Waals surface area (Å²) in [6, 6.07) is 3.36. The molecule has 9 heteroatoms. The van der Waals surface area contributed by atoms with Crippen LogP contribution in [0.3, 0.4) is 0 Å². The second-order valence-corrected chi connectivity index (χ2v) is 5.14. The van der Waals surface area contributed by atoms with Gasteiger partial charge in [-0.05, 0) is 30.7 Å². The van der Waals surface area contributed by atoms with Gasteiger partial charge in [-0.15, -0.1) is 0 Å². The van der Waals surface area contributed by atoms with E-state index in [-0.39, 0.29) is 0 Å². The highest BCUT2D eigenvalue weighted by molar-refractivity contribution is 5.96. The number of esters is 1. The van der Waals surface area contributed by atoms with Gasteiger partial charge in [-0.1, -0.05) is 0 Å². The lowest BCUT2D eigenvalue weighted by atomic mass is 10.1. The monoisotopic (exact) mass is 365 g/mol. The molecule has 2 amide bonds. The summed E-state index contributed by atoms with van der Waals surface area (Å²) in [6.45, 7) is 2.17. The van der Waals surface area contributed by atoms with Gasteiger partial charge in [0.25, 0.3) is 5.91 Å². The minimum atomic E-state index is -1.17. The highest BCUT2D eigenvalue weighted by Gasteiger charge is 2.20. The minimum absolute atomic E-state index is 0.415. The highest BCUT2D eigenvalue weighted by atomic mass is 16.6. The number of ether oxygens (including phenoxy) is 5. The van der Waals surface area contributed by atoms with Crippen LogP contribution in [0, 0.1) is 0 Å². The van der Waals surface area contributed by atoms with Crippen molar-refractivity contribution < 1.29 is 38.1 Å². The number of methoxy groups -OCH3 is 2. The quantitative estimate of drug-likeness (QED) is 0.614. The van der Waals surface area contributed by atoms with Crippen LogP contribution in [0.25, 0.3) is 6.08 Å². The maximum atomic E-state index is 11.8. The van der Waals surface area contributed by atoms with E-state index in [1.165, 1.54) is 20.1 Å². The predicted octanol–water partition coefficient (Wildman–Crippen LogP) is 1.29. The standard InChI is InChI=1S/C17H19NO8/c1-10(16(20)18-17(21)23-3)26-14(19)5-4-11-8-12(22-2)15-13(9-11)24-6-7-25-15/h4-5,8-10H,6-7H2,1-3H3,(H,18,20,21)/b5-4+/t10-/m0/s1. The van der Waals surface area contributed by atoms with Crippen LogP contribution in [0.4, 0.5) is 4.79 Å². The lowest BCUT2D eigenvalue weighted by Crippen LogP contribution is -2.39. The normalized spacial score (nSPS) is 13.7. The first-order valence-corrected chi connectivity index (χ1v) is 7.69. The molecule has 0 saturated carbocycles. The molecule has 26 heavy (non-hydrogen) atoms. The number of hydrogen-bond donors (Lipinski definition) is 1. The number of hydrogen-bond acceptors (Lipinski definition) is 8. The molecule has 2 rings (SSSR count). The van der Waals surface area contributed by atoms with E-state index in [9.17, 15) is 14.4 Å². The van der Waals surface area contributed by atoms with Gasteiger partial charge in [0, 0.05) is 6.08 Å². The van der Waals surface area contributed by atoms with Crippen molar-refractivity contribution in [2.75, 3.05) is 27.4 Å². The maximum Gasteiger partial charge on any atom is 0.413 e. The van der Waals surface area contributed by atoms with Crippen LogP contribution >= 0.6 is 0 Å². The molecule has 0 radical (unpaired) electrons. The van der Waals surface area contributed by atoms with Gasteiger partial charge in [-0.2, -0.15) is 0 Å². The summed E-state index contributed by atoms with van der Waals surface area (Å²) in [7, 11) is 2.61. The molecular formula is C17H19NO8. The Morgan fingerprint density at radius 1 is 1.19 bits per heavy atom. The first-order valence-electron chi connectivity index (χ1n) is 7.69. The Labute approximate surface area is 149 Å². The summed E-state index contributed by atoms with van der Waals surface area (Å²) in [5, 5.41) is 1.91. The van der Waals surface area contributed by atoms with E-state index in [1.54, 1.807) is 12.1 Å². The molecule has 0 saturated heterocycles. The van der Waals surface area contributed by atoms with Gasteiger partial charge < -0.3 is 23.7 Å². The fourth-order valence-corrected chi connectivity index (χ4v) is 2.07. The second kappa shape index (κ2) is 8.75. The third-order valence-electron chi connectivity index (χ3n) is 3.33. The van der Waals surface area contributed by atoms with Crippen LogP contribution in [-0.4, -0.2) is 51.5 Å². The lowest BCUT2D eigenvalue weighted by molar-refractivity contribution is -0.149. The molecule has 1 aromatic rings. The number of carbonyl (C=O) groups excluding carboxylic acids is 3. The summed E-state index contributed by atoms with van der Waals surface area (Å²) < 4.78 is 25.5. The van der Waals surface area contributed by atoms with E-state index in [1.807, 2.05) is 5.32 Å². The number of fused-ring (bicyclic) bond motifs is 1. The Hall–Kier alpha value is -3.23. The van der Waals surface area contributed by atoms with E-state index < -0.39 is 24.1 Å². The van der Waals surface area contributed by atoms with Crippen LogP contribution in [0.15, 0.2) is 18.2 Å². The molecule has 1 atom stereocenters. The maximum absolute atomic E-state index is 11.8. The van der Waals surface area contributed by atoms with Crippen molar-refractivity contribution >= 4 is 24.0 Å². The molecule has 0 unspecified atom stereocenters. The van der Waals surface area contributed by atoms with Crippen LogP contribution in [-0.2, 0) is 19.1 Å². The Morgan fingerprint density at radius 3 is 2.62 bits per heavy atom. The van der Waals surface area contributed by atoms with E-state index in [0.717, 1.165) is 13.2 Å². The van der Waals surface area contributed by atoms with Gasteiger partial charge in [0.1, 0.15) is 13.2 Å². The molecule has 9 nitrogen and oxygen atoms in total. The average Bonchev–Trinajstić information content (AvgIpc) is 2.65. The summed E-state index contributed by atoms with van der Waals surface area (Å²) in [5.74, 6) is -0.0620. The minimum Gasteiger partial charge on any atom is -0.493 e. The van der Waals surface area contributed by atoms with Crippen molar-refractivity contribution in [3.8, 4) is 17.2 Å². The zero-order valence-corrected chi connectivity index (χ0v) is 14.6. The second-order valence-electron chi connectivity index (χ2n) is 5.14. The van der Waals surface area contributed by atoms with Crippen molar-refractivity contribution in [1.29, 1.82) is 0 Å². The van der Waals surface area contributed by atoms with E-state index >= 15 is 0 Å². The summed E-state index contributed by atoms with van der Waals surface area (Å²) in [6.07, 6.45) is 0.527. The van der Waals surface area contributed by atoms with Gasteiger partial charge in [0.2, 0.25) is 5.75 Å². The molecule has 1 aliphatic rings. The van der Waals surface area contributed by atoms with Crippen molar-refractivity contribution in [3.63, 3.8) is 0 Å². The molecule has 1 aliphatic heterocycles. The number of imide groups is 1. The zero-order valence-electron chi connectivity index (χ0n) is 14.6. The molecule has 0 spiro atoms. The first-order chi connectivity index (χ1) is 12.4. The Balaban J connectivity index is 2.01. The fraction of sp³-hybridized carbons (Fsp3) is 0.353. The number of benzene rings is 1. The Morgan fingerprint density at radius 2 is 1.92 bits per heavy atom. The van der Waals surface area contributed by atoms with Crippen molar-refractivity contribution in [1.82, 2.24) is 5.32 Å². The summed E-state index contributed by atoms with van der Waals surface area (Å²) >= 11 is 0. The van der Waals surface area contributed by atoms with Gasteiger partial charge in [0.05, 0.1) is 14.2 Å². The summed E-state index contributed by atoms with van der Waals surface area (Å²) in [5.41, 5.74) is 0.620. The van der Waals surface area contributed by atoms with Gasteiger partial charge in [-0.3, -0.25) is 10.1 Å². The van der Waals surface area contributed by atoms with Crippen molar-refractivity contribution in [3.05, 3.63) is 23.8 Å². The van der Waals surface area contributed by atoms with Crippen molar-refractivity contribution in [2.24, 2.45) is 0 Å². The molecule has 1 N–H and O–H groups in total.